The van der Waals surface area contributed by atoms with Crippen molar-refractivity contribution in [2.24, 2.45) is 0 Å². The second-order valence-corrected chi connectivity index (χ2v) is 7.19. The molecule has 6 heteroatoms. The molecule has 6 nitrogen and oxygen atoms in total. The second-order valence-electron chi connectivity index (χ2n) is 7.19. The molecule has 1 atom stereocenters. The Hall–Kier alpha value is -3.54. The molecule has 1 heterocycles. The van der Waals surface area contributed by atoms with Crippen LogP contribution < -0.4 is 10.1 Å². The monoisotopic (exact) mass is 406 g/mol. The quantitative estimate of drug-likeness (QED) is 0.608. The minimum absolute atomic E-state index is 0.430. The molecule has 0 bridgehead atoms. The summed E-state index contributed by atoms with van der Waals surface area (Å²) in [4.78, 5) is 25.3. The van der Waals surface area contributed by atoms with Gasteiger partial charge in [-0.1, -0.05) is 29.8 Å². The number of hydrogen-bond donors (Lipinski definition) is 1. The smallest absolute Gasteiger partial charge is 0.340 e. The fourth-order valence-corrected chi connectivity index (χ4v) is 3.32. The van der Waals surface area contributed by atoms with E-state index in [1.807, 2.05) is 55.7 Å². The highest BCUT2D eigenvalue weighted by Crippen LogP contribution is 2.24. The number of amides is 1. The zero-order chi connectivity index (χ0) is 21.8. The molecule has 0 unspecified atom stereocenters. The van der Waals surface area contributed by atoms with Gasteiger partial charge in [-0.2, -0.15) is 0 Å². The standard InChI is InChI=1S/C24H26N2O4/c1-15-10-12-19(13-11-15)26-16(2)14-20(17(26)3)24(28)30-18(4)23(27)25-21-8-6-7-9-22(21)29-5/h6-14,18H,1-5H3,(H,25,27)/t18-/m0/s1. The first-order valence-corrected chi connectivity index (χ1v) is 9.72. The fraction of sp³-hybridized carbons (Fsp3) is 0.250. The van der Waals surface area contributed by atoms with Crippen molar-refractivity contribution in [1.29, 1.82) is 0 Å². The number of aromatic nitrogens is 1. The maximum absolute atomic E-state index is 12.8. The Kier molecular flexibility index (Phi) is 6.26. The number of esters is 1. The van der Waals surface area contributed by atoms with Crippen molar-refractivity contribution in [2.45, 2.75) is 33.8 Å². The van der Waals surface area contributed by atoms with Gasteiger partial charge >= 0.3 is 5.97 Å². The average molecular weight is 406 g/mol. The molecule has 2 aromatic carbocycles. The molecule has 0 aliphatic rings. The molecule has 0 fully saturated rings. The number of anilines is 1. The molecule has 3 aromatic rings. The molecule has 1 aromatic heterocycles. The Morgan fingerprint density at radius 2 is 1.67 bits per heavy atom. The topological polar surface area (TPSA) is 69.6 Å². The molecule has 0 aliphatic carbocycles. The third-order valence-corrected chi connectivity index (χ3v) is 4.96. The van der Waals surface area contributed by atoms with Crippen molar-refractivity contribution in [3.05, 3.63) is 77.1 Å². The summed E-state index contributed by atoms with van der Waals surface area (Å²) in [5, 5.41) is 2.73. The Morgan fingerprint density at radius 1 is 1.00 bits per heavy atom. The number of para-hydroxylation sites is 2. The van der Waals surface area contributed by atoms with Gasteiger partial charge in [0.1, 0.15) is 5.75 Å². The van der Waals surface area contributed by atoms with Crippen LogP contribution in [0.25, 0.3) is 5.69 Å². The molecule has 3 rings (SSSR count). The molecular weight excluding hydrogens is 380 g/mol. The number of carbonyl (C=O) groups is 2. The van der Waals surface area contributed by atoms with Crippen LogP contribution in [0.5, 0.6) is 5.75 Å². The molecule has 0 radical (unpaired) electrons. The van der Waals surface area contributed by atoms with Gasteiger partial charge in [-0.25, -0.2) is 4.79 Å². The number of methoxy groups -OCH3 is 1. The zero-order valence-electron chi connectivity index (χ0n) is 17.9. The van der Waals surface area contributed by atoms with Crippen LogP contribution in [0.4, 0.5) is 5.69 Å². The van der Waals surface area contributed by atoms with Crippen molar-refractivity contribution in [3.8, 4) is 11.4 Å². The maximum atomic E-state index is 12.8. The van der Waals surface area contributed by atoms with E-state index in [2.05, 4.69) is 5.32 Å². The van der Waals surface area contributed by atoms with Crippen molar-refractivity contribution in [1.82, 2.24) is 4.57 Å². The molecule has 156 valence electrons. The first kappa shape index (κ1) is 21.2. The van der Waals surface area contributed by atoms with Crippen LogP contribution in [0.15, 0.2) is 54.6 Å². The summed E-state index contributed by atoms with van der Waals surface area (Å²) in [5.74, 6) is -0.435. The number of nitrogens with one attached hydrogen (secondary N) is 1. The van der Waals surface area contributed by atoms with E-state index in [-0.39, 0.29) is 0 Å². The van der Waals surface area contributed by atoms with Crippen LogP contribution in [0.3, 0.4) is 0 Å². The third-order valence-electron chi connectivity index (χ3n) is 4.96. The summed E-state index contributed by atoms with van der Waals surface area (Å²) >= 11 is 0. The lowest BCUT2D eigenvalue weighted by molar-refractivity contribution is -0.123. The van der Waals surface area contributed by atoms with Crippen LogP contribution in [-0.2, 0) is 9.53 Å². The van der Waals surface area contributed by atoms with E-state index in [0.717, 1.165) is 22.6 Å². The molecule has 0 spiro atoms. The number of benzene rings is 2. The number of nitrogens with zero attached hydrogens (tertiary/aromatic N) is 1. The highest BCUT2D eigenvalue weighted by atomic mass is 16.5. The molecule has 30 heavy (non-hydrogen) atoms. The van der Waals surface area contributed by atoms with E-state index in [1.54, 1.807) is 31.2 Å². The first-order chi connectivity index (χ1) is 14.3. The van der Waals surface area contributed by atoms with Gasteiger partial charge < -0.3 is 19.4 Å². The number of aryl methyl sites for hydroxylation is 2. The van der Waals surface area contributed by atoms with Gasteiger partial charge in [0.2, 0.25) is 0 Å². The molecule has 0 saturated carbocycles. The van der Waals surface area contributed by atoms with E-state index in [1.165, 1.54) is 7.11 Å². The number of ether oxygens (including phenoxy) is 2. The summed E-state index contributed by atoms with van der Waals surface area (Å²) in [6.45, 7) is 7.37. The average Bonchev–Trinajstić information content (AvgIpc) is 3.03. The summed E-state index contributed by atoms with van der Waals surface area (Å²) in [7, 11) is 1.53. The summed E-state index contributed by atoms with van der Waals surface area (Å²) < 4.78 is 12.7. The minimum Gasteiger partial charge on any atom is -0.495 e. The van der Waals surface area contributed by atoms with Crippen LogP contribution in [0, 0.1) is 20.8 Å². The lowest BCUT2D eigenvalue weighted by atomic mass is 10.2. The van der Waals surface area contributed by atoms with Gasteiger partial charge in [-0.3, -0.25) is 4.79 Å². The molecule has 0 aliphatic heterocycles. The van der Waals surface area contributed by atoms with E-state index < -0.39 is 18.0 Å². The van der Waals surface area contributed by atoms with Crippen LogP contribution in [-0.4, -0.2) is 29.7 Å². The van der Waals surface area contributed by atoms with Crippen molar-refractivity contribution < 1.29 is 19.1 Å². The second kappa shape index (κ2) is 8.86. The van der Waals surface area contributed by atoms with E-state index in [0.29, 0.717) is 17.0 Å². The number of hydrogen-bond acceptors (Lipinski definition) is 4. The Balaban J connectivity index is 1.75. The fourth-order valence-electron chi connectivity index (χ4n) is 3.32. The molecule has 1 amide bonds. The largest absolute Gasteiger partial charge is 0.495 e. The molecular formula is C24H26N2O4. The van der Waals surface area contributed by atoms with Crippen molar-refractivity contribution in [3.63, 3.8) is 0 Å². The van der Waals surface area contributed by atoms with E-state index in [9.17, 15) is 9.59 Å². The lowest BCUT2D eigenvalue weighted by Crippen LogP contribution is -2.30. The Bertz CT molecular complexity index is 1070. The third kappa shape index (κ3) is 4.38. The normalized spacial score (nSPS) is 11.6. The Labute approximate surface area is 176 Å². The summed E-state index contributed by atoms with van der Waals surface area (Å²) in [6, 6.07) is 16.9. The zero-order valence-corrected chi connectivity index (χ0v) is 17.9. The molecule has 1 N–H and O–H groups in total. The van der Waals surface area contributed by atoms with Crippen LogP contribution in [0.1, 0.15) is 34.2 Å². The molecule has 0 saturated heterocycles. The Morgan fingerprint density at radius 3 is 2.33 bits per heavy atom. The highest BCUT2D eigenvalue weighted by molar-refractivity contribution is 5.98. The van der Waals surface area contributed by atoms with Gasteiger partial charge in [0.15, 0.2) is 6.10 Å². The van der Waals surface area contributed by atoms with E-state index >= 15 is 0 Å². The van der Waals surface area contributed by atoms with Crippen LogP contribution >= 0.6 is 0 Å². The summed E-state index contributed by atoms with van der Waals surface area (Å²) in [5.41, 5.74) is 4.76. The van der Waals surface area contributed by atoms with Gasteiger partial charge in [0.05, 0.1) is 18.4 Å². The van der Waals surface area contributed by atoms with Gasteiger partial charge in [0.25, 0.3) is 5.91 Å². The number of rotatable bonds is 6. The predicted molar refractivity (Wildman–Crippen MR) is 116 cm³/mol. The van der Waals surface area contributed by atoms with Crippen molar-refractivity contribution in [2.75, 3.05) is 12.4 Å². The first-order valence-electron chi connectivity index (χ1n) is 9.72. The number of carbonyl (C=O) groups excluding carboxylic acids is 2. The van der Waals surface area contributed by atoms with Crippen molar-refractivity contribution >= 4 is 17.6 Å². The van der Waals surface area contributed by atoms with Gasteiger partial charge in [0, 0.05) is 17.1 Å². The summed E-state index contributed by atoms with van der Waals surface area (Å²) in [6.07, 6.45) is -0.968. The minimum atomic E-state index is -0.968. The van der Waals surface area contributed by atoms with E-state index in [4.69, 9.17) is 9.47 Å². The lowest BCUT2D eigenvalue weighted by Gasteiger charge is -2.15. The van der Waals surface area contributed by atoms with Gasteiger partial charge in [-0.05, 0) is 58.0 Å². The van der Waals surface area contributed by atoms with Crippen LogP contribution in [0.2, 0.25) is 0 Å². The maximum Gasteiger partial charge on any atom is 0.340 e. The van der Waals surface area contributed by atoms with Gasteiger partial charge in [-0.15, -0.1) is 0 Å². The highest BCUT2D eigenvalue weighted by Gasteiger charge is 2.23. The predicted octanol–water partition coefficient (Wildman–Crippen LogP) is 4.60. The SMILES string of the molecule is COc1ccccc1NC(=O)[C@H](C)OC(=O)c1cc(C)n(-c2ccc(C)cc2)c1C.